The molecule has 0 spiro atoms. The Labute approximate surface area is 77.3 Å². The molecule has 0 aliphatic rings. The molecule has 4 heteroatoms. The van der Waals surface area contributed by atoms with Crippen molar-refractivity contribution in [2.45, 2.75) is 25.7 Å². The molecule has 0 radical (unpaired) electrons. The highest BCUT2D eigenvalue weighted by Gasteiger charge is 1.90. The van der Waals surface area contributed by atoms with E-state index in [9.17, 15) is 0 Å². The Morgan fingerprint density at radius 2 is 1.83 bits per heavy atom. The maximum Gasteiger partial charge on any atom is 0.286 e. The molecule has 12 heavy (non-hydrogen) atoms. The van der Waals surface area contributed by atoms with Gasteiger partial charge in [0.1, 0.15) is 12.0 Å². The quantitative estimate of drug-likeness (QED) is 0.450. The molecule has 0 unspecified atom stereocenters. The van der Waals surface area contributed by atoms with Crippen LogP contribution in [0, 0.1) is 22.2 Å². The van der Waals surface area contributed by atoms with E-state index in [2.05, 4.69) is 4.74 Å². The third kappa shape index (κ3) is 9.13. The Balaban J connectivity index is 2.84. The smallest absolute Gasteiger partial charge is 0.286 e. The summed E-state index contributed by atoms with van der Waals surface area (Å²) in [5.41, 5.74) is 0. The second-order valence-electron chi connectivity index (χ2n) is 2.29. The highest BCUT2D eigenvalue weighted by Crippen LogP contribution is 2.05. The van der Waals surface area contributed by atoms with Gasteiger partial charge >= 0.3 is 0 Å². The maximum absolute atomic E-state index is 8.20. The first-order chi connectivity index (χ1) is 5.91. The van der Waals surface area contributed by atoms with E-state index in [1.165, 1.54) is 11.8 Å². The van der Waals surface area contributed by atoms with Crippen LogP contribution in [0.4, 0.5) is 0 Å². The van der Waals surface area contributed by atoms with Crippen molar-refractivity contribution in [1.29, 1.82) is 10.5 Å². The van der Waals surface area contributed by atoms with Crippen LogP contribution in [0.15, 0.2) is 0 Å². The average molecular weight is 184 g/mol. The molecule has 0 N–H and O–H groups in total. The Morgan fingerprint density at radius 3 is 2.50 bits per heavy atom. The van der Waals surface area contributed by atoms with Gasteiger partial charge in [0.05, 0.1) is 0 Å². The van der Waals surface area contributed by atoms with Gasteiger partial charge in [-0.15, -0.1) is 0 Å². The number of unbranched alkanes of at least 4 members (excludes halogenated alkanes) is 3. The molecule has 3 nitrogen and oxygen atoms in total. The van der Waals surface area contributed by atoms with Crippen molar-refractivity contribution < 1.29 is 4.74 Å². The monoisotopic (exact) mass is 184 g/mol. The van der Waals surface area contributed by atoms with E-state index in [0.717, 1.165) is 31.4 Å². The highest BCUT2D eigenvalue weighted by molar-refractivity contribution is 8.03. The van der Waals surface area contributed by atoms with Crippen molar-refractivity contribution in [3.05, 3.63) is 0 Å². The van der Waals surface area contributed by atoms with Crippen LogP contribution in [0.3, 0.4) is 0 Å². The van der Waals surface area contributed by atoms with Crippen LogP contribution in [0.2, 0.25) is 0 Å². The van der Waals surface area contributed by atoms with Crippen molar-refractivity contribution >= 4 is 11.8 Å². The Morgan fingerprint density at radius 1 is 1.08 bits per heavy atom. The first-order valence-electron chi connectivity index (χ1n) is 3.93. The van der Waals surface area contributed by atoms with Gasteiger partial charge in [0.2, 0.25) is 0 Å². The Hall–Kier alpha value is -0.870. The van der Waals surface area contributed by atoms with E-state index in [4.69, 9.17) is 10.5 Å². The summed E-state index contributed by atoms with van der Waals surface area (Å²) in [6.45, 7) is 0.530. The Bertz CT molecular complexity index is 151. The summed E-state index contributed by atoms with van der Waals surface area (Å²) < 4.78 is 4.51. The minimum atomic E-state index is 0.530. The number of nitriles is 2. The molecular formula is C8H12N2OS. The zero-order chi connectivity index (χ0) is 9.07. The maximum atomic E-state index is 8.20. The summed E-state index contributed by atoms with van der Waals surface area (Å²) in [5.74, 6) is 0.912. The van der Waals surface area contributed by atoms with Gasteiger partial charge in [-0.05, 0) is 31.0 Å². The lowest BCUT2D eigenvalue weighted by molar-refractivity contribution is 0.260. The lowest BCUT2D eigenvalue weighted by Gasteiger charge is -1.97. The SMILES string of the molecule is N#COCCCCCCSC#N. The van der Waals surface area contributed by atoms with Gasteiger partial charge in [-0.2, -0.15) is 10.5 Å². The minimum absolute atomic E-state index is 0.530. The second kappa shape index (κ2) is 10.1. The molecule has 0 saturated carbocycles. The van der Waals surface area contributed by atoms with Crippen molar-refractivity contribution in [2.24, 2.45) is 0 Å². The molecule has 0 aromatic heterocycles. The third-order valence-corrected chi connectivity index (χ3v) is 1.99. The zero-order valence-corrected chi connectivity index (χ0v) is 7.77. The van der Waals surface area contributed by atoms with Crippen molar-refractivity contribution in [3.8, 4) is 11.7 Å². The summed E-state index contributed by atoms with van der Waals surface area (Å²) in [4.78, 5) is 0. The topological polar surface area (TPSA) is 56.8 Å². The fourth-order valence-electron chi connectivity index (χ4n) is 0.793. The molecule has 0 aliphatic heterocycles. The number of thiocyanates is 1. The summed E-state index contributed by atoms with van der Waals surface area (Å²) in [6.07, 6.45) is 5.83. The number of rotatable bonds is 7. The van der Waals surface area contributed by atoms with Gasteiger partial charge in [-0.1, -0.05) is 6.42 Å². The largest absolute Gasteiger partial charge is 0.428 e. The van der Waals surface area contributed by atoms with Crippen LogP contribution in [-0.2, 0) is 4.74 Å². The predicted octanol–water partition coefficient (Wildman–Crippen LogP) is 2.26. The number of hydrogen-bond donors (Lipinski definition) is 0. The first-order valence-corrected chi connectivity index (χ1v) is 4.92. The van der Waals surface area contributed by atoms with Crippen molar-refractivity contribution in [3.63, 3.8) is 0 Å². The number of hydrogen-bond acceptors (Lipinski definition) is 4. The Kier molecular flexibility index (Phi) is 9.40. The predicted molar refractivity (Wildman–Crippen MR) is 48.1 cm³/mol. The van der Waals surface area contributed by atoms with E-state index in [-0.39, 0.29) is 0 Å². The summed E-state index contributed by atoms with van der Waals surface area (Å²) in [7, 11) is 0. The van der Waals surface area contributed by atoms with Crippen LogP contribution in [0.5, 0.6) is 0 Å². The first kappa shape index (κ1) is 11.1. The molecule has 0 heterocycles. The second-order valence-corrected chi connectivity index (χ2v) is 3.17. The van der Waals surface area contributed by atoms with E-state index in [0.29, 0.717) is 6.61 Å². The fourth-order valence-corrected chi connectivity index (χ4v) is 1.23. The molecule has 0 aromatic carbocycles. The molecule has 0 rings (SSSR count). The third-order valence-electron chi connectivity index (χ3n) is 1.37. The van der Waals surface area contributed by atoms with Gasteiger partial charge in [-0.3, -0.25) is 0 Å². The zero-order valence-electron chi connectivity index (χ0n) is 6.95. The van der Waals surface area contributed by atoms with E-state index < -0.39 is 0 Å². The van der Waals surface area contributed by atoms with Gasteiger partial charge < -0.3 is 4.74 Å². The average Bonchev–Trinajstić information content (AvgIpc) is 2.10. The molecule has 66 valence electrons. The van der Waals surface area contributed by atoms with Crippen LogP contribution in [0.1, 0.15) is 25.7 Å². The summed E-state index contributed by atoms with van der Waals surface area (Å²) >= 11 is 1.30. The van der Waals surface area contributed by atoms with Crippen LogP contribution < -0.4 is 0 Å². The van der Waals surface area contributed by atoms with Crippen molar-refractivity contribution in [1.82, 2.24) is 0 Å². The molecular weight excluding hydrogens is 172 g/mol. The molecule has 0 bridgehead atoms. The fraction of sp³-hybridized carbons (Fsp3) is 0.750. The van der Waals surface area contributed by atoms with Crippen LogP contribution in [-0.4, -0.2) is 12.4 Å². The molecule has 0 aliphatic carbocycles. The minimum Gasteiger partial charge on any atom is -0.428 e. The van der Waals surface area contributed by atoms with Gasteiger partial charge in [0, 0.05) is 5.75 Å². The van der Waals surface area contributed by atoms with E-state index in [1.54, 1.807) is 6.26 Å². The number of nitrogens with zero attached hydrogens (tertiary/aromatic N) is 2. The molecule has 0 aromatic rings. The van der Waals surface area contributed by atoms with E-state index in [1.807, 2.05) is 5.40 Å². The van der Waals surface area contributed by atoms with E-state index >= 15 is 0 Å². The number of ether oxygens (including phenoxy) is 1. The highest BCUT2D eigenvalue weighted by atomic mass is 32.2. The van der Waals surface area contributed by atoms with Crippen molar-refractivity contribution in [2.75, 3.05) is 12.4 Å². The lowest BCUT2D eigenvalue weighted by atomic mass is 10.2. The van der Waals surface area contributed by atoms with Crippen LogP contribution in [0.25, 0.3) is 0 Å². The van der Waals surface area contributed by atoms with Gasteiger partial charge in [-0.25, -0.2) is 0 Å². The standard InChI is InChI=1S/C8H12N2OS/c9-7-11-5-3-1-2-4-6-12-8-10/h1-6H2. The molecule has 0 atom stereocenters. The molecule has 0 saturated heterocycles. The molecule has 0 amide bonds. The van der Waals surface area contributed by atoms with Crippen LogP contribution >= 0.6 is 11.8 Å². The lowest BCUT2D eigenvalue weighted by Crippen LogP contribution is -1.88. The summed E-state index contributed by atoms with van der Waals surface area (Å²) in [6, 6.07) is 0. The number of thioether (sulfide) groups is 1. The summed E-state index contributed by atoms with van der Waals surface area (Å²) in [5, 5.41) is 18.3. The normalized spacial score (nSPS) is 8.50. The van der Waals surface area contributed by atoms with Gasteiger partial charge in [0.25, 0.3) is 6.26 Å². The molecule has 0 fully saturated rings. The van der Waals surface area contributed by atoms with Gasteiger partial charge in [0.15, 0.2) is 0 Å².